The van der Waals surface area contributed by atoms with Crippen molar-refractivity contribution in [1.29, 1.82) is 0 Å². The number of benzene rings is 1. The van der Waals surface area contributed by atoms with Crippen LogP contribution in [0.15, 0.2) is 30.3 Å². The molecule has 1 aliphatic heterocycles. The molecule has 1 atom stereocenters. The minimum absolute atomic E-state index is 0.110. The normalized spacial score (nSPS) is 18.1. The Kier molecular flexibility index (Phi) is 3.44. The molecule has 6 nitrogen and oxygen atoms in total. The zero-order valence-corrected chi connectivity index (χ0v) is 9.01. The summed E-state index contributed by atoms with van der Waals surface area (Å²) < 4.78 is 9.58. The molecule has 0 aliphatic carbocycles. The van der Waals surface area contributed by atoms with Gasteiger partial charge in [-0.2, -0.15) is 0 Å². The highest BCUT2D eigenvalue weighted by atomic mass is 16.6. The van der Waals surface area contributed by atoms with Gasteiger partial charge in [-0.3, -0.25) is 10.6 Å². The zero-order chi connectivity index (χ0) is 12.1. The van der Waals surface area contributed by atoms with Gasteiger partial charge in [0.1, 0.15) is 19.4 Å². The van der Waals surface area contributed by atoms with Crippen molar-refractivity contribution >= 4 is 12.2 Å². The predicted octanol–water partition coefficient (Wildman–Crippen LogP) is 0.979. The third kappa shape index (κ3) is 3.37. The maximum atomic E-state index is 11.3. The lowest BCUT2D eigenvalue weighted by atomic mass is 10.2. The summed E-state index contributed by atoms with van der Waals surface area (Å²) in [5, 5.41) is 4.87. The van der Waals surface area contributed by atoms with Crippen LogP contribution in [-0.4, -0.2) is 25.0 Å². The third-order valence-electron chi connectivity index (χ3n) is 2.18. The van der Waals surface area contributed by atoms with Crippen LogP contribution in [-0.2, 0) is 16.1 Å². The van der Waals surface area contributed by atoms with E-state index in [4.69, 9.17) is 4.74 Å². The van der Waals surface area contributed by atoms with Crippen LogP contribution in [0, 0.1) is 0 Å². The van der Waals surface area contributed by atoms with Gasteiger partial charge in [-0.25, -0.2) is 9.59 Å². The van der Waals surface area contributed by atoms with Crippen molar-refractivity contribution in [1.82, 2.24) is 10.6 Å². The molecule has 0 aromatic heterocycles. The molecule has 1 saturated heterocycles. The van der Waals surface area contributed by atoms with Crippen LogP contribution in [0.2, 0.25) is 0 Å². The van der Waals surface area contributed by atoms with Gasteiger partial charge < -0.3 is 9.47 Å². The number of cyclic esters (lactones) is 1. The van der Waals surface area contributed by atoms with Crippen molar-refractivity contribution in [3.05, 3.63) is 35.9 Å². The smallest absolute Gasteiger partial charge is 0.409 e. The Morgan fingerprint density at radius 1 is 1.47 bits per heavy atom. The highest BCUT2D eigenvalue weighted by Gasteiger charge is 2.23. The first kappa shape index (κ1) is 11.3. The first-order valence-corrected chi connectivity index (χ1v) is 5.14. The molecule has 6 heteroatoms. The van der Waals surface area contributed by atoms with E-state index in [-0.39, 0.29) is 13.2 Å². The maximum Gasteiger partial charge on any atom is 0.409 e. The molecule has 1 aliphatic rings. The fraction of sp³-hybridized carbons (Fsp3) is 0.273. The fourth-order valence-electron chi connectivity index (χ4n) is 1.37. The van der Waals surface area contributed by atoms with E-state index in [2.05, 4.69) is 15.4 Å². The van der Waals surface area contributed by atoms with Crippen LogP contribution < -0.4 is 10.6 Å². The van der Waals surface area contributed by atoms with E-state index in [0.29, 0.717) is 0 Å². The van der Waals surface area contributed by atoms with Crippen LogP contribution in [0.25, 0.3) is 0 Å². The quantitative estimate of drug-likeness (QED) is 0.820. The van der Waals surface area contributed by atoms with E-state index in [1.807, 2.05) is 30.3 Å². The molecule has 90 valence electrons. The Hall–Kier alpha value is -2.24. The summed E-state index contributed by atoms with van der Waals surface area (Å²) in [7, 11) is 0. The maximum absolute atomic E-state index is 11.3. The number of hydrogen-bond acceptors (Lipinski definition) is 4. The molecule has 1 aromatic carbocycles. The highest BCUT2D eigenvalue weighted by molar-refractivity contribution is 5.72. The van der Waals surface area contributed by atoms with Gasteiger partial charge >= 0.3 is 12.2 Å². The monoisotopic (exact) mass is 236 g/mol. The van der Waals surface area contributed by atoms with Crippen molar-refractivity contribution < 1.29 is 19.1 Å². The Morgan fingerprint density at radius 2 is 2.24 bits per heavy atom. The van der Waals surface area contributed by atoms with Crippen molar-refractivity contribution in [2.45, 2.75) is 12.8 Å². The van der Waals surface area contributed by atoms with Crippen molar-refractivity contribution in [3.63, 3.8) is 0 Å². The molecule has 1 fully saturated rings. The predicted molar refractivity (Wildman–Crippen MR) is 58.0 cm³/mol. The van der Waals surface area contributed by atoms with Gasteiger partial charge in [-0.15, -0.1) is 0 Å². The van der Waals surface area contributed by atoms with E-state index in [1.54, 1.807) is 0 Å². The number of ether oxygens (including phenoxy) is 2. The van der Waals surface area contributed by atoms with Crippen LogP contribution in [0.3, 0.4) is 0 Å². The van der Waals surface area contributed by atoms with Gasteiger partial charge in [0.05, 0.1) is 0 Å². The van der Waals surface area contributed by atoms with E-state index in [1.165, 1.54) is 0 Å². The second-order valence-corrected chi connectivity index (χ2v) is 3.50. The standard InChI is InChI=1S/C11H12N2O4/c14-10(12-9-7-17-11(15)13-9)16-6-8-4-2-1-3-5-8/h1-5,9H,6-7H2,(H,12,14)(H,13,15). The van der Waals surface area contributed by atoms with Crippen molar-refractivity contribution in [3.8, 4) is 0 Å². The number of carbonyl (C=O) groups excluding carboxylic acids is 2. The summed E-state index contributed by atoms with van der Waals surface area (Å²) in [6.45, 7) is 0.299. The van der Waals surface area contributed by atoms with Crippen LogP contribution in [0.4, 0.5) is 9.59 Å². The van der Waals surface area contributed by atoms with Crippen LogP contribution in [0.1, 0.15) is 5.56 Å². The second-order valence-electron chi connectivity index (χ2n) is 3.50. The SMILES string of the molecule is O=C(NC1COC(=O)N1)OCc1ccccc1. The number of amides is 2. The van der Waals surface area contributed by atoms with E-state index in [9.17, 15) is 9.59 Å². The topological polar surface area (TPSA) is 76.7 Å². The first-order valence-electron chi connectivity index (χ1n) is 5.14. The minimum atomic E-state index is -0.593. The zero-order valence-electron chi connectivity index (χ0n) is 9.01. The summed E-state index contributed by atoms with van der Waals surface area (Å²) in [6, 6.07) is 9.32. The highest BCUT2D eigenvalue weighted by Crippen LogP contribution is 2.01. The summed E-state index contributed by atoms with van der Waals surface area (Å²) in [5.41, 5.74) is 0.898. The number of carbonyl (C=O) groups is 2. The number of nitrogens with one attached hydrogen (secondary N) is 2. The Labute approximate surface area is 97.9 Å². The summed E-state index contributed by atoms with van der Waals surface area (Å²) >= 11 is 0. The average Bonchev–Trinajstić information content (AvgIpc) is 2.73. The number of hydrogen-bond donors (Lipinski definition) is 2. The molecule has 1 aromatic rings. The number of rotatable bonds is 3. The molecule has 1 heterocycles. The van der Waals surface area contributed by atoms with E-state index < -0.39 is 18.4 Å². The van der Waals surface area contributed by atoms with Gasteiger partial charge in [0.15, 0.2) is 0 Å². The van der Waals surface area contributed by atoms with Gasteiger partial charge in [0, 0.05) is 0 Å². The van der Waals surface area contributed by atoms with E-state index >= 15 is 0 Å². The molecular formula is C11H12N2O4. The van der Waals surface area contributed by atoms with Gasteiger partial charge in [-0.1, -0.05) is 30.3 Å². The Bertz CT molecular complexity index is 407. The van der Waals surface area contributed by atoms with E-state index in [0.717, 1.165) is 5.56 Å². The third-order valence-corrected chi connectivity index (χ3v) is 2.18. The molecular weight excluding hydrogens is 224 g/mol. The van der Waals surface area contributed by atoms with Crippen molar-refractivity contribution in [2.75, 3.05) is 6.61 Å². The molecule has 2 amide bonds. The largest absolute Gasteiger partial charge is 0.445 e. The summed E-state index contributed by atoms with van der Waals surface area (Å²) in [5.74, 6) is 0. The van der Waals surface area contributed by atoms with Gasteiger partial charge in [0.25, 0.3) is 0 Å². The molecule has 0 saturated carbocycles. The molecule has 0 radical (unpaired) electrons. The fourth-order valence-corrected chi connectivity index (χ4v) is 1.37. The van der Waals surface area contributed by atoms with Gasteiger partial charge in [0.2, 0.25) is 0 Å². The molecule has 17 heavy (non-hydrogen) atoms. The minimum Gasteiger partial charge on any atom is -0.445 e. The lowest BCUT2D eigenvalue weighted by molar-refractivity contribution is 0.132. The lowest BCUT2D eigenvalue weighted by Gasteiger charge is -2.10. The van der Waals surface area contributed by atoms with Gasteiger partial charge in [-0.05, 0) is 5.56 Å². The van der Waals surface area contributed by atoms with Crippen LogP contribution in [0.5, 0.6) is 0 Å². The summed E-state index contributed by atoms with van der Waals surface area (Å²) in [4.78, 5) is 22.0. The second kappa shape index (κ2) is 5.20. The Balaban J connectivity index is 1.73. The average molecular weight is 236 g/mol. The molecule has 2 N–H and O–H groups in total. The molecule has 1 unspecified atom stereocenters. The summed E-state index contributed by atoms with van der Waals surface area (Å²) in [6.07, 6.45) is -1.66. The first-order chi connectivity index (χ1) is 8.24. The van der Waals surface area contributed by atoms with Crippen LogP contribution >= 0.6 is 0 Å². The van der Waals surface area contributed by atoms with Crippen molar-refractivity contribution in [2.24, 2.45) is 0 Å². The Morgan fingerprint density at radius 3 is 2.88 bits per heavy atom. The molecule has 0 spiro atoms. The lowest BCUT2D eigenvalue weighted by Crippen LogP contribution is -2.44. The number of alkyl carbamates (subject to hydrolysis) is 2. The molecule has 0 bridgehead atoms. The molecule has 2 rings (SSSR count).